The van der Waals surface area contributed by atoms with Gasteiger partial charge >= 0.3 is 0 Å². The maximum absolute atomic E-state index is 13.7. The van der Waals surface area contributed by atoms with Gasteiger partial charge in [0.2, 0.25) is 5.91 Å². The average Bonchev–Trinajstić information content (AvgIpc) is 2.93. The molecule has 1 aliphatic heterocycles. The molecule has 3 aromatic carbocycles. The van der Waals surface area contributed by atoms with Crippen LogP contribution in [0.3, 0.4) is 0 Å². The lowest BCUT2D eigenvalue weighted by molar-refractivity contribution is -0.120. The van der Waals surface area contributed by atoms with Gasteiger partial charge in [0.15, 0.2) is 0 Å². The fourth-order valence-electron chi connectivity index (χ4n) is 4.70. The Morgan fingerprint density at radius 1 is 1.00 bits per heavy atom. The van der Waals surface area contributed by atoms with Gasteiger partial charge in [0.25, 0.3) is 10.0 Å². The molecule has 1 aliphatic rings. The second kappa shape index (κ2) is 12.3. The van der Waals surface area contributed by atoms with Crippen LogP contribution in [-0.4, -0.2) is 40.6 Å². The summed E-state index contributed by atoms with van der Waals surface area (Å²) in [6.45, 7) is 8.13. The summed E-state index contributed by atoms with van der Waals surface area (Å²) in [6, 6.07) is 23.0. The summed E-state index contributed by atoms with van der Waals surface area (Å²) in [5.41, 5.74) is 2.47. The molecule has 1 amide bonds. The Kier molecular flexibility index (Phi) is 8.94. The quantitative estimate of drug-likeness (QED) is 0.376. The molecule has 3 aromatic rings. The number of rotatable bonds is 10. The summed E-state index contributed by atoms with van der Waals surface area (Å²) in [7, 11) is -4.03. The van der Waals surface area contributed by atoms with E-state index in [1.165, 1.54) is 30.7 Å². The van der Waals surface area contributed by atoms with E-state index in [2.05, 4.69) is 29.3 Å². The van der Waals surface area contributed by atoms with Crippen molar-refractivity contribution in [3.05, 3.63) is 84.4 Å². The van der Waals surface area contributed by atoms with E-state index in [0.29, 0.717) is 18.0 Å². The summed E-state index contributed by atoms with van der Waals surface area (Å²) in [5, 5.41) is 2.98. The van der Waals surface area contributed by atoms with Crippen molar-refractivity contribution in [1.82, 2.24) is 5.32 Å². The molecule has 0 radical (unpaired) electrons. The number of hydrogen-bond acceptors (Lipinski definition) is 5. The lowest BCUT2D eigenvalue weighted by Gasteiger charge is -2.32. The lowest BCUT2D eigenvalue weighted by Crippen LogP contribution is -2.41. The van der Waals surface area contributed by atoms with E-state index in [1.807, 2.05) is 26.0 Å². The summed E-state index contributed by atoms with van der Waals surface area (Å²) < 4.78 is 34.2. The summed E-state index contributed by atoms with van der Waals surface area (Å²) in [5.74, 6) is 0.766. The maximum Gasteiger partial charge on any atom is 0.264 e. The number of amides is 1. The fourth-order valence-corrected chi connectivity index (χ4v) is 6.15. The molecule has 7 nitrogen and oxygen atoms in total. The van der Waals surface area contributed by atoms with Gasteiger partial charge in [-0.05, 0) is 74.6 Å². The second-order valence-electron chi connectivity index (χ2n) is 9.78. The monoisotopic (exact) mass is 535 g/mol. The third-order valence-electron chi connectivity index (χ3n) is 6.97. The molecule has 202 valence electrons. The van der Waals surface area contributed by atoms with Crippen LogP contribution in [0.25, 0.3) is 0 Å². The van der Waals surface area contributed by atoms with Gasteiger partial charge in [-0.15, -0.1) is 0 Å². The summed E-state index contributed by atoms with van der Waals surface area (Å²) in [6.07, 6.45) is 2.39. The van der Waals surface area contributed by atoms with Gasteiger partial charge in [-0.25, -0.2) is 8.42 Å². The largest absolute Gasteiger partial charge is 0.492 e. The molecule has 38 heavy (non-hydrogen) atoms. The van der Waals surface area contributed by atoms with Gasteiger partial charge in [0.1, 0.15) is 12.3 Å². The second-order valence-corrected chi connectivity index (χ2v) is 11.6. The normalized spacial score (nSPS) is 15.1. The highest BCUT2D eigenvalue weighted by Gasteiger charge is 2.29. The first-order chi connectivity index (χ1) is 18.3. The van der Waals surface area contributed by atoms with Crippen molar-refractivity contribution in [2.75, 3.05) is 35.4 Å². The van der Waals surface area contributed by atoms with Crippen LogP contribution < -0.4 is 19.3 Å². The minimum atomic E-state index is -4.03. The van der Waals surface area contributed by atoms with E-state index < -0.39 is 15.9 Å². The van der Waals surface area contributed by atoms with Crippen molar-refractivity contribution < 1.29 is 17.9 Å². The molecular weight excluding hydrogens is 498 g/mol. The number of hydrogen-bond donors (Lipinski definition) is 1. The van der Waals surface area contributed by atoms with E-state index in [4.69, 9.17) is 4.74 Å². The number of nitrogens with one attached hydrogen (secondary N) is 1. The van der Waals surface area contributed by atoms with Crippen LogP contribution in [-0.2, 0) is 14.8 Å². The minimum Gasteiger partial charge on any atom is -0.492 e. The number of carbonyl (C=O) groups is 1. The first-order valence-corrected chi connectivity index (χ1v) is 14.7. The Morgan fingerprint density at radius 3 is 2.29 bits per heavy atom. The molecule has 0 saturated carbocycles. The van der Waals surface area contributed by atoms with E-state index in [1.54, 1.807) is 42.5 Å². The van der Waals surface area contributed by atoms with Gasteiger partial charge < -0.3 is 15.0 Å². The van der Waals surface area contributed by atoms with Crippen molar-refractivity contribution in [2.45, 2.75) is 44.6 Å². The SMILES string of the molecule is CCOc1ccccc1N(CC(=O)NC(C)c1ccc(N2CCC(C)CC2)cc1)S(=O)(=O)c1ccccc1. The van der Waals surface area contributed by atoms with Crippen molar-refractivity contribution >= 4 is 27.3 Å². The van der Waals surface area contributed by atoms with Crippen molar-refractivity contribution in [2.24, 2.45) is 5.92 Å². The number of anilines is 2. The van der Waals surface area contributed by atoms with Crippen molar-refractivity contribution in [1.29, 1.82) is 0 Å². The van der Waals surface area contributed by atoms with Gasteiger partial charge in [-0.1, -0.05) is 49.4 Å². The van der Waals surface area contributed by atoms with E-state index in [9.17, 15) is 13.2 Å². The molecule has 0 aliphatic carbocycles. The van der Waals surface area contributed by atoms with Crippen molar-refractivity contribution in [3.8, 4) is 5.75 Å². The number of nitrogens with zero attached hydrogens (tertiary/aromatic N) is 2. The zero-order valence-corrected chi connectivity index (χ0v) is 23.2. The lowest BCUT2D eigenvalue weighted by atomic mass is 9.98. The van der Waals surface area contributed by atoms with E-state index in [-0.39, 0.29) is 17.5 Å². The van der Waals surface area contributed by atoms with Crippen LogP contribution in [0.5, 0.6) is 5.75 Å². The van der Waals surface area contributed by atoms with Crippen LogP contribution in [0.4, 0.5) is 11.4 Å². The van der Waals surface area contributed by atoms with Gasteiger partial charge in [-0.3, -0.25) is 9.10 Å². The predicted octanol–water partition coefficient (Wildman–Crippen LogP) is 5.39. The molecule has 1 fully saturated rings. The predicted molar refractivity (Wildman–Crippen MR) is 152 cm³/mol. The summed E-state index contributed by atoms with van der Waals surface area (Å²) >= 11 is 0. The number of benzene rings is 3. The fraction of sp³-hybridized carbons (Fsp3) is 0.367. The molecule has 1 N–H and O–H groups in total. The zero-order chi connectivity index (χ0) is 27.1. The topological polar surface area (TPSA) is 79.0 Å². The Morgan fingerprint density at radius 2 is 1.63 bits per heavy atom. The van der Waals surface area contributed by atoms with Crippen LogP contribution in [0.1, 0.15) is 45.2 Å². The minimum absolute atomic E-state index is 0.106. The Hall–Kier alpha value is -3.52. The Labute approximate surface area is 226 Å². The first kappa shape index (κ1) is 27.5. The molecule has 1 saturated heterocycles. The van der Waals surface area contributed by atoms with Crippen LogP contribution >= 0.6 is 0 Å². The third-order valence-corrected chi connectivity index (χ3v) is 8.75. The average molecular weight is 536 g/mol. The van der Waals surface area contributed by atoms with Gasteiger partial charge in [0, 0.05) is 18.8 Å². The number of sulfonamides is 1. The maximum atomic E-state index is 13.7. The Balaban J connectivity index is 1.52. The molecule has 1 atom stereocenters. The van der Waals surface area contributed by atoms with Crippen molar-refractivity contribution in [3.63, 3.8) is 0 Å². The summed E-state index contributed by atoms with van der Waals surface area (Å²) in [4.78, 5) is 15.7. The van der Waals surface area contributed by atoms with Crippen LogP contribution in [0.2, 0.25) is 0 Å². The standard InChI is InChI=1S/C30H37N3O4S/c1-4-37-29-13-9-8-12-28(29)33(38(35,36)27-10-6-5-7-11-27)22-30(34)31-24(3)25-14-16-26(17-15-25)32-20-18-23(2)19-21-32/h5-17,23-24H,4,18-22H2,1-3H3,(H,31,34). The Bertz CT molecular complexity index is 1300. The molecule has 1 unspecified atom stereocenters. The smallest absolute Gasteiger partial charge is 0.264 e. The molecule has 0 spiro atoms. The van der Waals surface area contributed by atoms with Gasteiger partial charge in [-0.2, -0.15) is 0 Å². The molecule has 0 aromatic heterocycles. The van der Waals surface area contributed by atoms with E-state index >= 15 is 0 Å². The molecule has 0 bridgehead atoms. The number of carbonyl (C=O) groups excluding carboxylic acids is 1. The highest BCUT2D eigenvalue weighted by atomic mass is 32.2. The molecule has 4 rings (SSSR count). The zero-order valence-electron chi connectivity index (χ0n) is 22.3. The number of piperidine rings is 1. The van der Waals surface area contributed by atoms with Gasteiger partial charge in [0.05, 0.1) is 23.2 Å². The van der Waals surface area contributed by atoms with E-state index in [0.717, 1.165) is 28.9 Å². The van der Waals surface area contributed by atoms with Crippen LogP contribution in [0, 0.1) is 5.92 Å². The van der Waals surface area contributed by atoms with Crippen LogP contribution in [0.15, 0.2) is 83.8 Å². The highest BCUT2D eigenvalue weighted by Crippen LogP contribution is 2.32. The number of ether oxygens (including phenoxy) is 1. The molecule has 1 heterocycles. The molecular formula is C30H37N3O4S. The highest BCUT2D eigenvalue weighted by molar-refractivity contribution is 7.92. The number of para-hydroxylation sites is 2. The molecule has 8 heteroatoms. The first-order valence-electron chi connectivity index (χ1n) is 13.2. The third kappa shape index (κ3) is 6.48.